The summed E-state index contributed by atoms with van der Waals surface area (Å²) in [6.45, 7) is 1.92. The lowest BCUT2D eigenvalue weighted by Gasteiger charge is -2.14. The predicted molar refractivity (Wildman–Crippen MR) is 74.9 cm³/mol. The van der Waals surface area contributed by atoms with E-state index in [2.05, 4.69) is 10.6 Å². The van der Waals surface area contributed by atoms with Gasteiger partial charge in [0.15, 0.2) is 0 Å². The maximum absolute atomic E-state index is 12.0. The fraction of sp³-hybridized carbons (Fsp3) is 0.0714. The molecule has 2 rings (SSSR count). The highest BCUT2D eigenvalue weighted by atomic mass is 16.3. The molecule has 0 fully saturated rings. The van der Waals surface area contributed by atoms with Crippen molar-refractivity contribution in [1.29, 1.82) is 0 Å². The third kappa shape index (κ3) is 3.16. The van der Waals surface area contributed by atoms with Crippen LogP contribution in [0.1, 0.15) is 5.56 Å². The van der Waals surface area contributed by atoms with Crippen molar-refractivity contribution in [3.8, 4) is 0 Å². The quantitative estimate of drug-likeness (QED) is 0.671. The lowest BCUT2D eigenvalue weighted by molar-refractivity contribution is 0.257. The molecule has 2 amide bonds. The van der Waals surface area contributed by atoms with Crippen LogP contribution in [0.5, 0.6) is 0 Å². The molecule has 0 unspecified atom stereocenters. The Morgan fingerprint density at radius 2 is 1.68 bits per heavy atom. The third-order valence-electron chi connectivity index (χ3n) is 2.58. The molecule has 0 heterocycles. The number of amides is 2. The number of rotatable bonds is 3. The molecule has 2 aromatic carbocycles. The van der Waals surface area contributed by atoms with Gasteiger partial charge in [-0.25, -0.2) is 4.79 Å². The molecule has 0 saturated carbocycles. The molecule has 0 aliphatic heterocycles. The fourth-order valence-electron chi connectivity index (χ4n) is 1.59. The number of nitrogens with one attached hydrogen (secondary N) is 1. The molecule has 19 heavy (non-hydrogen) atoms. The molecule has 0 bridgehead atoms. The van der Waals surface area contributed by atoms with E-state index >= 15 is 0 Å². The van der Waals surface area contributed by atoms with Crippen molar-refractivity contribution in [1.82, 2.24) is 0 Å². The molecule has 0 aliphatic rings. The lowest BCUT2D eigenvalue weighted by atomic mass is 10.2. The van der Waals surface area contributed by atoms with E-state index in [-0.39, 0.29) is 0 Å². The van der Waals surface area contributed by atoms with Gasteiger partial charge in [0.05, 0.1) is 11.0 Å². The van der Waals surface area contributed by atoms with Crippen molar-refractivity contribution in [2.45, 2.75) is 6.92 Å². The number of para-hydroxylation sites is 1. The second-order valence-electron chi connectivity index (χ2n) is 4.03. The van der Waals surface area contributed by atoms with Gasteiger partial charge in [-0.2, -0.15) is 0 Å². The first-order valence-corrected chi connectivity index (χ1v) is 5.77. The Balaban J connectivity index is 2.16. The summed E-state index contributed by atoms with van der Waals surface area (Å²) in [6, 6.07) is 15.2. The summed E-state index contributed by atoms with van der Waals surface area (Å²) in [5, 5.41) is 6.14. The first-order valence-electron chi connectivity index (χ1n) is 5.77. The highest BCUT2D eigenvalue weighted by Gasteiger charge is 2.16. The molecule has 1 N–H and O–H groups in total. The van der Waals surface area contributed by atoms with Gasteiger partial charge in [-0.05, 0) is 31.2 Å². The van der Waals surface area contributed by atoms with Crippen LogP contribution in [-0.4, -0.2) is 6.03 Å². The Morgan fingerprint density at radius 3 is 2.26 bits per heavy atom. The summed E-state index contributed by atoms with van der Waals surface area (Å²) < 4.78 is 0. The number of hydrogen-bond acceptors (Lipinski definition) is 3. The number of carbonyl (C=O) groups excluding carboxylic acids is 1. The van der Waals surface area contributed by atoms with Gasteiger partial charge in [-0.1, -0.05) is 35.9 Å². The number of carbonyl (C=O) groups is 1. The van der Waals surface area contributed by atoms with Gasteiger partial charge < -0.3 is 5.32 Å². The zero-order valence-electron chi connectivity index (χ0n) is 10.4. The highest BCUT2D eigenvalue weighted by molar-refractivity contribution is 6.01. The second-order valence-corrected chi connectivity index (χ2v) is 4.03. The monoisotopic (exact) mass is 255 g/mol. The smallest absolute Gasteiger partial charge is 0.306 e. The van der Waals surface area contributed by atoms with Crippen molar-refractivity contribution in [3.63, 3.8) is 0 Å². The topological polar surface area (TPSA) is 61.8 Å². The highest BCUT2D eigenvalue weighted by Crippen LogP contribution is 2.17. The number of anilines is 2. The molecule has 96 valence electrons. The van der Waals surface area contributed by atoms with E-state index in [4.69, 9.17) is 0 Å². The van der Waals surface area contributed by atoms with Gasteiger partial charge >= 0.3 is 6.03 Å². The standard InChI is InChI=1S/C14H13N3O2/c1-11-7-9-13(10-8-11)17(16-19)14(18)15-12-5-3-2-4-6-12/h2-10H,1H3,(H,15,18). The number of nitroso groups, excluding NO2 is 1. The molecule has 5 nitrogen and oxygen atoms in total. The van der Waals surface area contributed by atoms with Crippen LogP contribution in [0, 0.1) is 11.8 Å². The Kier molecular flexibility index (Phi) is 3.87. The van der Waals surface area contributed by atoms with Crippen LogP contribution in [0.15, 0.2) is 59.9 Å². The maximum Gasteiger partial charge on any atom is 0.349 e. The number of hydrogen-bond donors (Lipinski definition) is 1. The number of urea groups is 1. The van der Waals surface area contributed by atoms with Crippen molar-refractivity contribution < 1.29 is 4.79 Å². The Bertz CT molecular complexity index is 567. The van der Waals surface area contributed by atoms with E-state index in [0.29, 0.717) is 11.4 Å². The molecule has 0 aromatic heterocycles. The lowest BCUT2D eigenvalue weighted by Crippen LogP contribution is -2.29. The summed E-state index contributed by atoms with van der Waals surface area (Å²) in [5.41, 5.74) is 2.07. The SMILES string of the molecule is Cc1ccc(N(N=O)C(=O)Nc2ccccc2)cc1. The summed E-state index contributed by atoms with van der Waals surface area (Å²) in [4.78, 5) is 22.8. The van der Waals surface area contributed by atoms with Gasteiger partial charge in [0.25, 0.3) is 0 Å². The van der Waals surface area contributed by atoms with Crippen LogP contribution >= 0.6 is 0 Å². The Hall–Kier alpha value is -2.69. The average Bonchev–Trinajstić information content (AvgIpc) is 2.43. The second kappa shape index (κ2) is 5.77. The Labute approximate surface area is 110 Å². The largest absolute Gasteiger partial charge is 0.349 e. The summed E-state index contributed by atoms with van der Waals surface area (Å²) in [7, 11) is 0. The van der Waals surface area contributed by atoms with Crippen LogP contribution in [0.4, 0.5) is 16.2 Å². The maximum atomic E-state index is 12.0. The zero-order valence-corrected chi connectivity index (χ0v) is 10.4. The number of aryl methyl sites for hydroxylation is 1. The Morgan fingerprint density at radius 1 is 1.05 bits per heavy atom. The van der Waals surface area contributed by atoms with E-state index < -0.39 is 6.03 Å². The van der Waals surface area contributed by atoms with E-state index in [1.165, 1.54) is 0 Å². The molecule has 5 heteroatoms. The van der Waals surface area contributed by atoms with E-state index in [9.17, 15) is 9.70 Å². The van der Waals surface area contributed by atoms with Gasteiger partial charge in [-0.3, -0.25) is 0 Å². The summed E-state index contributed by atoms with van der Waals surface area (Å²) in [6.07, 6.45) is 0. The van der Waals surface area contributed by atoms with Crippen molar-refractivity contribution >= 4 is 17.4 Å². The molecule has 0 aliphatic carbocycles. The van der Waals surface area contributed by atoms with Crippen LogP contribution in [0.2, 0.25) is 0 Å². The van der Waals surface area contributed by atoms with Crippen molar-refractivity contribution in [3.05, 3.63) is 65.1 Å². The van der Waals surface area contributed by atoms with Gasteiger partial charge in [0.2, 0.25) is 0 Å². The molecule has 0 radical (unpaired) electrons. The van der Waals surface area contributed by atoms with Gasteiger partial charge in [0, 0.05) is 5.69 Å². The molecule has 0 saturated heterocycles. The number of nitrogens with zero attached hydrogens (tertiary/aromatic N) is 2. The first-order chi connectivity index (χ1) is 9.20. The fourth-order valence-corrected chi connectivity index (χ4v) is 1.59. The third-order valence-corrected chi connectivity index (χ3v) is 2.58. The van der Waals surface area contributed by atoms with Crippen LogP contribution in [0.25, 0.3) is 0 Å². The number of benzene rings is 2. The van der Waals surface area contributed by atoms with Crippen molar-refractivity contribution in [2.75, 3.05) is 10.3 Å². The van der Waals surface area contributed by atoms with Crippen LogP contribution in [-0.2, 0) is 0 Å². The van der Waals surface area contributed by atoms with E-state index in [1.54, 1.807) is 36.4 Å². The zero-order chi connectivity index (χ0) is 13.7. The molecular formula is C14H13N3O2. The molecule has 2 aromatic rings. The van der Waals surface area contributed by atoms with Gasteiger partial charge in [0.1, 0.15) is 0 Å². The first kappa shape index (κ1) is 12.8. The van der Waals surface area contributed by atoms with E-state index in [1.807, 2.05) is 25.1 Å². The summed E-state index contributed by atoms with van der Waals surface area (Å²) >= 11 is 0. The van der Waals surface area contributed by atoms with E-state index in [0.717, 1.165) is 10.6 Å². The minimum atomic E-state index is -0.593. The van der Waals surface area contributed by atoms with Crippen LogP contribution < -0.4 is 10.3 Å². The average molecular weight is 255 g/mol. The van der Waals surface area contributed by atoms with Crippen LogP contribution in [0.3, 0.4) is 0 Å². The van der Waals surface area contributed by atoms with Crippen molar-refractivity contribution in [2.24, 2.45) is 5.29 Å². The van der Waals surface area contributed by atoms with Gasteiger partial charge in [-0.15, -0.1) is 9.92 Å². The molecule has 0 spiro atoms. The molecule has 0 atom stereocenters. The molecular weight excluding hydrogens is 242 g/mol. The normalized spacial score (nSPS) is 9.74. The minimum Gasteiger partial charge on any atom is -0.306 e. The summed E-state index contributed by atoms with van der Waals surface area (Å²) in [5.74, 6) is 0. The minimum absolute atomic E-state index is 0.425. The predicted octanol–water partition coefficient (Wildman–Crippen LogP) is 3.71.